The first-order valence-electron chi connectivity index (χ1n) is 6.31. The number of ether oxygens (including phenoxy) is 2. The van der Waals surface area contributed by atoms with Crippen molar-refractivity contribution in [3.05, 3.63) is 29.3 Å². The molecule has 2 atom stereocenters. The highest BCUT2D eigenvalue weighted by atomic mass is 16.5. The molecule has 0 aromatic heterocycles. The minimum Gasteiger partial charge on any atom is -0.495 e. The highest BCUT2D eigenvalue weighted by Gasteiger charge is 2.30. The van der Waals surface area contributed by atoms with E-state index >= 15 is 0 Å². The molecule has 2 N–H and O–H groups in total. The molecule has 1 fully saturated rings. The highest BCUT2D eigenvalue weighted by Crippen LogP contribution is 2.30. The van der Waals surface area contributed by atoms with Crippen LogP contribution in [0.3, 0.4) is 0 Å². The summed E-state index contributed by atoms with van der Waals surface area (Å²) in [6.45, 7) is 2.01. The van der Waals surface area contributed by atoms with Crippen LogP contribution in [0.1, 0.15) is 17.2 Å². The summed E-state index contributed by atoms with van der Waals surface area (Å²) in [7, 11) is 3.61. The lowest BCUT2D eigenvalue weighted by atomic mass is 9.96. The van der Waals surface area contributed by atoms with Gasteiger partial charge in [-0.3, -0.25) is 4.90 Å². The van der Waals surface area contributed by atoms with E-state index in [-0.39, 0.29) is 12.1 Å². The molecule has 1 aromatic rings. The second-order valence-corrected chi connectivity index (χ2v) is 4.64. The third-order valence-corrected chi connectivity index (χ3v) is 3.52. The minimum atomic E-state index is -0.0429. The van der Waals surface area contributed by atoms with Gasteiger partial charge in [0.25, 0.3) is 0 Å². The zero-order valence-electron chi connectivity index (χ0n) is 11.3. The SMILES string of the molecule is COc1ccc(C2C(CN)OCCN2C)cc1C#N. The molecular weight excluding hydrogens is 242 g/mol. The molecular formula is C14H19N3O2. The van der Waals surface area contributed by atoms with Gasteiger partial charge in [0.2, 0.25) is 0 Å². The molecule has 2 unspecified atom stereocenters. The van der Waals surface area contributed by atoms with E-state index in [0.29, 0.717) is 24.5 Å². The predicted octanol–water partition coefficient (Wildman–Crippen LogP) is 0.897. The van der Waals surface area contributed by atoms with Crippen molar-refractivity contribution in [3.63, 3.8) is 0 Å². The first kappa shape index (κ1) is 13.8. The van der Waals surface area contributed by atoms with E-state index in [9.17, 15) is 0 Å². The lowest BCUT2D eigenvalue weighted by Gasteiger charge is -2.39. The molecule has 0 bridgehead atoms. The van der Waals surface area contributed by atoms with Crippen LogP contribution in [-0.2, 0) is 4.74 Å². The summed E-state index contributed by atoms with van der Waals surface area (Å²) in [5.41, 5.74) is 7.35. The Hall–Kier alpha value is -1.61. The number of benzene rings is 1. The van der Waals surface area contributed by atoms with Crippen molar-refractivity contribution in [2.24, 2.45) is 5.73 Å². The van der Waals surface area contributed by atoms with E-state index < -0.39 is 0 Å². The Bertz CT molecular complexity index is 484. The second kappa shape index (κ2) is 6.02. The monoisotopic (exact) mass is 261 g/mol. The van der Waals surface area contributed by atoms with Crippen molar-refractivity contribution in [2.75, 3.05) is 33.9 Å². The predicted molar refractivity (Wildman–Crippen MR) is 71.9 cm³/mol. The Labute approximate surface area is 113 Å². The molecule has 1 heterocycles. The smallest absolute Gasteiger partial charge is 0.136 e. The molecule has 102 valence electrons. The zero-order valence-corrected chi connectivity index (χ0v) is 11.3. The van der Waals surface area contributed by atoms with Gasteiger partial charge >= 0.3 is 0 Å². The first-order chi connectivity index (χ1) is 9.21. The third-order valence-electron chi connectivity index (χ3n) is 3.52. The lowest BCUT2D eigenvalue weighted by molar-refractivity contribution is -0.0576. The summed E-state index contributed by atoms with van der Waals surface area (Å²) in [4.78, 5) is 2.21. The van der Waals surface area contributed by atoms with Crippen molar-refractivity contribution in [3.8, 4) is 11.8 Å². The van der Waals surface area contributed by atoms with E-state index in [2.05, 4.69) is 11.0 Å². The van der Waals surface area contributed by atoms with Crippen LogP contribution in [0.4, 0.5) is 0 Å². The topological polar surface area (TPSA) is 71.5 Å². The van der Waals surface area contributed by atoms with Crippen LogP contribution in [0.15, 0.2) is 18.2 Å². The Morgan fingerprint density at radius 3 is 3.00 bits per heavy atom. The average Bonchev–Trinajstić information content (AvgIpc) is 2.46. The van der Waals surface area contributed by atoms with Gasteiger partial charge in [-0.2, -0.15) is 5.26 Å². The van der Waals surface area contributed by atoms with Crippen molar-refractivity contribution in [2.45, 2.75) is 12.1 Å². The third kappa shape index (κ3) is 2.71. The van der Waals surface area contributed by atoms with Crippen LogP contribution >= 0.6 is 0 Å². The Balaban J connectivity index is 2.36. The lowest BCUT2D eigenvalue weighted by Crippen LogP contribution is -2.46. The Morgan fingerprint density at radius 1 is 1.58 bits per heavy atom. The standard InChI is InChI=1S/C14H19N3O2/c1-17-5-6-19-13(9-16)14(17)10-3-4-12(18-2)11(7-10)8-15/h3-4,7,13-14H,5-6,9,16H2,1-2H3. The molecule has 1 saturated heterocycles. The van der Waals surface area contributed by atoms with Crippen LogP contribution < -0.4 is 10.5 Å². The van der Waals surface area contributed by atoms with E-state index in [4.69, 9.17) is 20.5 Å². The molecule has 0 amide bonds. The summed E-state index contributed by atoms with van der Waals surface area (Å²) in [5, 5.41) is 9.16. The maximum atomic E-state index is 9.16. The number of nitrogens with zero attached hydrogens (tertiary/aromatic N) is 2. The summed E-state index contributed by atoms with van der Waals surface area (Å²) in [6, 6.07) is 7.89. The number of hydrogen-bond acceptors (Lipinski definition) is 5. The Morgan fingerprint density at radius 2 is 2.37 bits per heavy atom. The molecule has 5 nitrogen and oxygen atoms in total. The maximum Gasteiger partial charge on any atom is 0.136 e. The molecule has 0 aliphatic carbocycles. The molecule has 19 heavy (non-hydrogen) atoms. The Kier molecular flexibility index (Phi) is 4.38. The first-order valence-corrected chi connectivity index (χ1v) is 6.31. The largest absolute Gasteiger partial charge is 0.495 e. The van der Waals surface area contributed by atoms with Gasteiger partial charge in [-0.25, -0.2) is 0 Å². The highest BCUT2D eigenvalue weighted by molar-refractivity contribution is 5.46. The molecule has 0 spiro atoms. The van der Waals surface area contributed by atoms with Crippen LogP contribution in [0.5, 0.6) is 5.75 Å². The quantitative estimate of drug-likeness (QED) is 0.875. The maximum absolute atomic E-state index is 9.16. The van der Waals surface area contributed by atoms with Gasteiger partial charge in [0.1, 0.15) is 11.8 Å². The molecule has 2 rings (SSSR count). The number of nitriles is 1. The summed E-state index contributed by atoms with van der Waals surface area (Å²) in [6.07, 6.45) is -0.0429. The molecule has 0 radical (unpaired) electrons. The van der Waals surface area contributed by atoms with Crippen LogP contribution in [0.25, 0.3) is 0 Å². The minimum absolute atomic E-state index is 0.0429. The van der Waals surface area contributed by atoms with Gasteiger partial charge in [0, 0.05) is 13.1 Å². The normalized spacial score (nSPS) is 23.9. The number of rotatable bonds is 3. The molecule has 1 aliphatic rings. The molecule has 1 aromatic carbocycles. The van der Waals surface area contributed by atoms with Gasteiger partial charge in [-0.1, -0.05) is 6.07 Å². The van der Waals surface area contributed by atoms with Gasteiger partial charge < -0.3 is 15.2 Å². The van der Waals surface area contributed by atoms with Gasteiger partial charge in [0.05, 0.1) is 31.4 Å². The number of methoxy groups -OCH3 is 1. The van der Waals surface area contributed by atoms with Crippen molar-refractivity contribution in [1.82, 2.24) is 4.90 Å². The number of nitrogens with two attached hydrogens (primary N) is 1. The fraction of sp³-hybridized carbons (Fsp3) is 0.500. The summed E-state index contributed by atoms with van der Waals surface area (Å²) >= 11 is 0. The van der Waals surface area contributed by atoms with E-state index in [1.54, 1.807) is 7.11 Å². The van der Waals surface area contributed by atoms with Crippen LogP contribution in [0, 0.1) is 11.3 Å². The molecule has 0 saturated carbocycles. The summed E-state index contributed by atoms with van der Waals surface area (Å²) < 4.78 is 10.9. The fourth-order valence-electron chi connectivity index (χ4n) is 2.53. The number of morpholine rings is 1. The second-order valence-electron chi connectivity index (χ2n) is 4.64. The van der Waals surface area contributed by atoms with Crippen molar-refractivity contribution < 1.29 is 9.47 Å². The van der Waals surface area contributed by atoms with E-state index in [0.717, 1.165) is 12.1 Å². The number of likely N-dealkylation sites (N-methyl/N-ethyl adjacent to an activating group) is 1. The van der Waals surface area contributed by atoms with E-state index in [1.165, 1.54) is 0 Å². The van der Waals surface area contributed by atoms with E-state index in [1.807, 2.05) is 25.2 Å². The van der Waals surface area contributed by atoms with Crippen LogP contribution in [0.2, 0.25) is 0 Å². The van der Waals surface area contributed by atoms with Crippen molar-refractivity contribution >= 4 is 0 Å². The summed E-state index contributed by atoms with van der Waals surface area (Å²) in [5.74, 6) is 0.593. The zero-order chi connectivity index (χ0) is 13.8. The van der Waals surface area contributed by atoms with Gasteiger partial charge in [-0.15, -0.1) is 0 Å². The average molecular weight is 261 g/mol. The fourth-order valence-corrected chi connectivity index (χ4v) is 2.53. The molecule has 1 aliphatic heterocycles. The molecule has 5 heteroatoms. The van der Waals surface area contributed by atoms with Crippen molar-refractivity contribution in [1.29, 1.82) is 5.26 Å². The number of hydrogen-bond donors (Lipinski definition) is 1. The van der Waals surface area contributed by atoms with Gasteiger partial charge in [-0.05, 0) is 24.7 Å². The van der Waals surface area contributed by atoms with Gasteiger partial charge in [0.15, 0.2) is 0 Å². The van der Waals surface area contributed by atoms with Crippen LogP contribution in [-0.4, -0.2) is 44.9 Å².